The first-order chi connectivity index (χ1) is 13.5. The zero-order valence-corrected chi connectivity index (χ0v) is 16.5. The quantitative estimate of drug-likeness (QED) is 0.823. The first-order valence-corrected chi connectivity index (χ1v) is 10.0. The van der Waals surface area contributed by atoms with Gasteiger partial charge >= 0.3 is 0 Å². The summed E-state index contributed by atoms with van der Waals surface area (Å²) in [6.45, 7) is 5.21. The summed E-state index contributed by atoms with van der Waals surface area (Å²) in [4.78, 5) is 31.6. The molecule has 1 saturated heterocycles. The molecule has 2 amide bonds. The molecule has 8 heteroatoms. The molecule has 1 aliphatic carbocycles. The summed E-state index contributed by atoms with van der Waals surface area (Å²) in [7, 11) is 0. The van der Waals surface area contributed by atoms with E-state index in [9.17, 15) is 9.59 Å². The smallest absolute Gasteiger partial charge is 0.276 e. The topological polar surface area (TPSA) is 93.3 Å². The van der Waals surface area contributed by atoms with Gasteiger partial charge in [-0.05, 0) is 46.0 Å². The third-order valence-electron chi connectivity index (χ3n) is 6.24. The lowest BCUT2D eigenvalue weighted by molar-refractivity contribution is -0.123. The molecule has 3 heterocycles. The van der Waals surface area contributed by atoms with Crippen molar-refractivity contribution in [1.29, 1.82) is 0 Å². The largest absolute Gasteiger partial charge is 0.364 e. The van der Waals surface area contributed by atoms with E-state index in [1.807, 2.05) is 24.9 Å². The van der Waals surface area contributed by atoms with E-state index in [0.717, 1.165) is 50.0 Å². The predicted octanol–water partition coefficient (Wildman–Crippen LogP) is 2.22. The Morgan fingerprint density at radius 3 is 2.93 bits per heavy atom. The average Bonchev–Trinajstić information content (AvgIpc) is 3.40. The Morgan fingerprint density at radius 1 is 1.36 bits per heavy atom. The number of aromatic nitrogens is 3. The van der Waals surface area contributed by atoms with Gasteiger partial charge in [-0.15, -0.1) is 0 Å². The maximum Gasteiger partial charge on any atom is 0.276 e. The van der Waals surface area contributed by atoms with Crippen molar-refractivity contribution in [1.82, 2.24) is 24.9 Å². The summed E-state index contributed by atoms with van der Waals surface area (Å²) < 4.78 is 6.99. The molecule has 1 N–H and O–H groups in total. The third kappa shape index (κ3) is 3.31. The van der Waals surface area contributed by atoms with Gasteiger partial charge in [0.2, 0.25) is 5.91 Å². The minimum atomic E-state index is -0.296. The first kappa shape index (κ1) is 18.7. The van der Waals surface area contributed by atoms with E-state index in [1.54, 1.807) is 6.20 Å². The van der Waals surface area contributed by atoms with Crippen LogP contribution in [0, 0.1) is 13.8 Å². The minimum absolute atomic E-state index is 0.0379. The Balaban J connectivity index is 1.37. The molecule has 8 nitrogen and oxygen atoms in total. The number of hydrogen-bond donors (Lipinski definition) is 1. The van der Waals surface area contributed by atoms with Crippen LogP contribution in [0.5, 0.6) is 0 Å². The van der Waals surface area contributed by atoms with Gasteiger partial charge in [-0.1, -0.05) is 5.16 Å². The molecule has 0 bridgehead atoms. The second-order valence-corrected chi connectivity index (χ2v) is 7.98. The molecule has 150 valence electrons. The van der Waals surface area contributed by atoms with E-state index in [-0.39, 0.29) is 23.4 Å². The van der Waals surface area contributed by atoms with Gasteiger partial charge in [0.1, 0.15) is 12.1 Å². The highest BCUT2D eigenvalue weighted by molar-refractivity contribution is 5.94. The first-order valence-electron chi connectivity index (χ1n) is 10.0. The summed E-state index contributed by atoms with van der Waals surface area (Å²) in [6, 6.07) is 0.0379. The number of nitrogens with zero attached hydrogens (tertiary/aromatic N) is 4. The fraction of sp³-hybridized carbons (Fsp3) is 0.600. The molecule has 2 fully saturated rings. The van der Waals surface area contributed by atoms with Gasteiger partial charge in [-0.2, -0.15) is 0 Å². The molecule has 2 aromatic rings. The van der Waals surface area contributed by atoms with Gasteiger partial charge in [0.05, 0.1) is 11.6 Å². The molecule has 1 aliphatic heterocycles. The zero-order chi connectivity index (χ0) is 19.7. The minimum Gasteiger partial charge on any atom is -0.364 e. The van der Waals surface area contributed by atoms with Crippen LogP contribution in [0.15, 0.2) is 23.2 Å². The molecule has 4 rings (SSSR count). The molecule has 0 spiro atoms. The second kappa shape index (κ2) is 7.41. The lowest BCUT2D eigenvalue weighted by atomic mass is 9.92. The van der Waals surface area contributed by atoms with Crippen molar-refractivity contribution >= 4 is 11.8 Å². The van der Waals surface area contributed by atoms with Crippen LogP contribution in [0.4, 0.5) is 0 Å². The van der Waals surface area contributed by atoms with Crippen LogP contribution in [0.3, 0.4) is 0 Å². The number of aryl methyl sites for hydroxylation is 3. The number of amides is 2. The van der Waals surface area contributed by atoms with Crippen LogP contribution in [0.25, 0.3) is 0 Å². The van der Waals surface area contributed by atoms with Crippen molar-refractivity contribution in [3.8, 4) is 0 Å². The highest BCUT2D eigenvalue weighted by atomic mass is 16.5. The number of carbonyl (C=O) groups excluding carboxylic acids is 2. The fourth-order valence-corrected chi connectivity index (χ4v) is 4.75. The van der Waals surface area contributed by atoms with Crippen LogP contribution in [-0.2, 0) is 11.3 Å². The number of fused-ring (bicyclic) bond motifs is 1. The van der Waals surface area contributed by atoms with E-state index >= 15 is 0 Å². The monoisotopic (exact) mass is 385 g/mol. The summed E-state index contributed by atoms with van der Waals surface area (Å²) in [6.07, 6.45) is 10.1. The number of imidazole rings is 1. The van der Waals surface area contributed by atoms with Crippen LogP contribution < -0.4 is 5.32 Å². The number of hydrogen-bond acceptors (Lipinski definition) is 5. The number of nitrogens with one attached hydrogen (secondary N) is 1. The van der Waals surface area contributed by atoms with E-state index in [0.29, 0.717) is 18.7 Å². The van der Waals surface area contributed by atoms with Crippen molar-refractivity contribution in [2.24, 2.45) is 0 Å². The molecular formula is C20H27N5O3. The highest BCUT2D eigenvalue weighted by Gasteiger charge is 2.53. The van der Waals surface area contributed by atoms with Crippen molar-refractivity contribution in [3.63, 3.8) is 0 Å². The summed E-state index contributed by atoms with van der Waals surface area (Å²) in [5, 5.41) is 7.16. The zero-order valence-electron chi connectivity index (χ0n) is 16.5. The third-order valence-corrected chi connectivity index (χ3v) is 6.24. The number of likely N-dealkylation sites (tertiary alicyclic amines) is 1. The van der Waals surface area contributed by atoms with E-state index in [1.165, 1.54) is 6.26 Å². The standard InChI is InChI=1S/C20H27N5O3/c1-14-13-28-23-18(14)19(27)25-11-8-20(7-3-5-16(20)25)22-17(26)6-4-10-24-12-9-21-15(24)2/h9,12-13,16H,3-8,10-11H2,1-2H3,(H,22,26). The lowest BCUT2D eigenvalue weighted by Crippen LogP contribution is -2.54. The lowest BCUT2D eigenvalue weighted by Gasteiger charge is -2.33. The van der Waals surface area contributed by atoms with Crippen molar-refractivity contribution in [3.05, 3.63) is 35.7 Å². The van der Waals surface area contributed by atoms with Gasteiger partial charge in [0.15, 0.2) is 5.69 Å². The van der Waals surface area contributed by atoms with Crippen molar-refractivity contribution in [2.45, 2.75) is 70.5 Å². The SMILES string of the molecule is Cc1conc1C(=O)N1CCC2(NC(=O)CCCn3ccnc3C)CCCC12. The van der Waals surface area contributed by atoms with Gasteiger partial charge in [0.25, 0.3) is 5.91 Å². The van der Waals surface area contributed by atoms with Gasteiger partial charge < -0.3 is 19.3 Å². The molecule has 1 saturated carbocycles. The van der Waals surface area contributed by atoms with Crippen molar-refractivity contribution in [2.75, 3.05) is 6.54 Å². The average molecular weight is 385 g/mol. The van der Waals surface area contributed by atoms with E-state index in [4.69, 9.17) is 4.52 Å². The molecule has 2 atom stereocenters. The molecule has 28 heavy (non-hydrogen) atoms. The second-order valence-electron chi connectivity index (χ2n) is 7.98. The molecule has 2 unspecified atom stereocenters. The Labute approximate surface area is 164 Å². The van der Waals surface area contributed by atoms with Crippen LogP contribution in [0.2, 0.25) is 0 Å². The Hall–Kier alpha value is -2.64. The Morgan fingerprint density at radius 2 is 2.21 bits per heavy atom. The van der Waals surface area contributed by atoms with Gasteiger partial charge in [-0.3, -0.25) is 9.59 Å². The van der Waals surface area contributed by atoms with Crippen LogP contribution >= 0.6 is 0 Å². The van der Waals surface area contributed by atoms with Gasteiger partial charge in [0, 0.05) is 37.5 Å². The van der Waals surface area contributed by atoms with E-state index < -0.39 is 0 Å². The molecule has 0 aromatic carbocycles. The van der Waals surface area contributed by atoms with Gasteiger partial charge in [-0.25, -0.2) is 4.98 Å². The fourth-order valence-electron chi connectivity index (χ4n) is 4.75. The normalized spacial score (nSPS) is 23.8. The molecule has 2 aromatic heterocycles. The molecular weight excluding hydrogens is 358 g/mol. The maximum absolute atomic E-state index is 12.9. The molecule has 2 aliphatic rings. The number of carbonyl (C=O) groups is 2. The summed E-state index contributed by atoms with van der Waals surface area (Å²) in [5.74, 6) is 0.935. The predicted molar refractivity (Wildman–Crippen MR) is 102 cm³/mol. The van der Waals surface area contributed by atoms with E-state index in [2.05, 4.69) is 20.0 Å². The Kier molecular flexibility index (Phi) is 4.95. The summed E-state index contributed by atoms with van der Waals surface area (Å²) >= 11 is 0. The molecule has 0 radical (unpaired) electrons. The number of rotatable bonds is 6. The summed E-state index contributed by atoms with van der Waals surface area (Å²) in [5.41, 5.74) is 0.832. The Bertz CT molecular complexity index is 873. The van der Waals surface area contributed by atoms with Crippen LogP contribution in [-0.4, -0.2) is 49.5 Å². The maximum atomic E-state index is 12.9. The van der Waals surface area contributed by atoms with Crippen LogP contribution in [0.1, 0.15) is 60.4 Å². The highest BCUT2D eigenvalue weighted by Crippen LogP contribution is 2.42. The van der Waals surface area contributed by atoms with Crippen molar-refractivity contribution < 1.29 is 14.1 Å².